The van der Waals surface area contributed by atoms with Crippen LogP contribution in [-0.2, 0) is 29.0 Å². The minimum atomic E-state index is -0.696. The van der Waals surface area contributed by atoms with Crippen LogP contribution in [0.5, 0.6) is 0 Å². The molecule has 0 spiro atoms. The van der Waals surface area contributed by atoms with Gasteiger partial charge >= 0.3 is 0 Å². The zero-order chi connectivity index (χ0) is 24.7. The molecule has 0 aliphatic rings. The molecule has 3 aromatic rings. The van der Waals surface area contributed by atoms with E-state index in [1.165, 1.54) is 0 Å². The molecule has 0 radical (unpaired) electrons. The number of aryl methyl sites for hydroxylation is 1. The number of carbonyl (C=O) groups is 2. The van der Waals surface area contributed by atoms with Crippen LogP contribution in [0.2, 0.25) is 10.0 Å². The lowest BCUT2D eigenvalue weighted by molar-refractivity contribution is -0.141. The van der Waals surface area contributed by atoms with Gasteiger partial charge in [0.15, 0.2) is 0 Å². The minimum Gasteiger partial charge on any atom is -0.352 e. The zero-order valence-corrected chi connectivity index (χ0v) is 21.2. The van der Waals surface area contributed by atoms with Crippen molar-refractivity contribution in [3.05, 3.63) is 105 Å². The van der Waals surface area contributed by atoms with Crippen LogP contribution < -0.4 is 5.32 Å². The van der Waals surface area contributed by atoms with Crippen molar-refractivity contribution >= 4 is 35.0 Å². The van der Waals surface area contributed by atoms with Gasteiger partial charge in [0.2, 0.25) is 11.8 Å². The maximum absolute atomic E-state index is 13.8. The Bertz CT molecular complexity index is 1110. The molecule has 178 valence electrons. The van der Waals surface area contributed by atoms with Gasteiger partial charge in [-0.15, -0.1) is 0 Å². The van der Waals surface area contributed by atoms with Gasteiger partial charge < -0.3 is 10.2 Å². The summed E-state index contributed by atoms with van der Waals surface area (Å²) in [6.45, 7) is 6.13. The Morgan fingerprint density at radius 2 is 1.50 bits per heavy atom. The fourth-order valence-corrected chi connectivity index (χ4v) is 4.39. The van der Waals surface area contributed by atoms with Crippen LogP contribution in [-0.4, -0.2) is 28.8 Å². The van der Waals surface area contributed by atoms with Gasteiger partial charge in [-0.25, -0.2) is 0 Å². The summed E-state index contributed by atoms with van der Waals surface area (Å²) >= 11 is 12.7. The number of nitrogens with zero attached hydrogens (tertiary/aromatic N) is 1. The number of rotatable bonds is 9. The topological polar surface area (TPSA) is 49.4 Å². The Balaban J connectivity index is 2.02. The van der Waals surface area contributed by atoms with Crippen LogP contribution >= 0.6 is 23.2 Å². The van der Waals surface area contributed by atoms with Gasteiger partial charge in [-0.2, -0.15) is 0 Å². The highest BCUT2D eigenvalue weighted by Gasteiger charge is 2.31. The maximum Gasteiger partial charge on any atom is 0.243 e. The Morgan fingerprint density at radius 1 is 0.882 bits per heavy atom. The van der Waals surface area contributed by atoms with Gasteiger partial charge in [0, 0.05) is 29.1 Å². The smallest absolute Gasteiger partial charge is 0.243 e. The van der Waals surface area contributed by atoms with Gasteiger partial charge in [0.25, 0.3) is 0 Å². The van der Waals surface area contributed by atoms with Crippen molar-refractivity contribution in [2.45, 2.75) is 52.2 Å². The number of benzene rings is 3. The van der Waals surface area contributed by atoms with Crippen LogP contribution in [0.4, 0.5) is 0 Å². The molecule has 0 saturated carbocycles. The molecule has 2 amide bonds. The first-order valence-electron chi connectivity index (χ1n) is 11.4. The quantitative estimate of drug-likeness (QED) is 0.394. The second-order valence-electron chi connectivity index (χ2n) is 8.69. The summed E-state index contributed by atoms with van der Waals surface area (Å²) in [5, 5.41) is 3.87. The highest BCUT2D eigenvalue weighted by molar-refractivity contribution is 6.36. The monoisotopic (exact) mass is 496 g/mol. The van der Waals surface area contributed by atoms with Crippen molar-refractivity contribution in [1.82, 2.24) is 10.2 Å². The lowest BCUT2D eigenvalue weighted by atomic mass is 10.00. The SMILES string of the molecule is Cc1ccccc1CN(C(=O)Cc1c(Cl)cccc1Cl)[C@H](Cc1ccccc1)C(=O)NC(C)C. The number of halogens is 2. The van der Waals surface area contributed by atoms with Crippen LogP contribution in [0, 0.1) is 6.92 Å². The molecule has 0 aliphatic heterocycles. The Labute approximate surface area is 211 Å². The van der Waals surface area contributed by atoms with Crippen molar-refractivity contribution in [2.24, 2.45) is 0 Å². The standard InChI is InChI=1S/C28H30Cl2N2O2/c1-19(2)31-28(34)26(16-21-11-5-4-6-12-21)32(18-22-13-8-7-10-20(22)3)27(33)17-23-24(29)14-9-15-25(23)30/h4-15,19,26H,16-18H2,1-3H3,(H,31,34)/t26-/m1/s1. The highest BCUT2D eigenvalue weighted by Crippen LogP contribution is 2.26. The molecule has 4 nitrogen and oxygen atoms in total. The van der Waals surface area contributed by atoms with Crippen LogP contribution in [0.25, 0.3) is 0 Å². The molecule has 0 fully saturated rings. The Kier molecular flexibility index (Phi) is 9.14. The number of amides is 2. The van der Waals surface area contributed by atoms with E-state index < -0.39 is 6.04 Å². The summed E-state index contributed by atoms with van der Waals surface area (Å²) in [6.07, 6.45) is 0.401. The molecule has 0 aliphatic carbocycles. The molecule has 0 bridgehead atoms. The van der Waals surface area contributed by atoms with E-state index >= 15 is 0 Å². The fraction of sp³-hybridized carbons (Fsp3) is 0.286. The van der Waals surface area contributed by atoms with Crippen LogP contribution in [0.3, 0.4) is 0 Å². The summed E-state index contributed by atoms with van der Waals surface area (Å²) in [5.74, 6) is -0.399. The van der Waals surface area contributed by atoms with Gasteiger partial charge in [-0.1, -0.05) is 83.9 Å². The van der Waals surface area contributed by atoms with Crippen LogP contribution in [0.1, 0.15) is 36.1 Å². The van der Waals surface area contributed by atoms with Crippen molar-refractivity contribution in [3.8, 4) is 0 Å². The third-order valence-electron chi connectivity index (χ3n) is 5.69. The molecule has 0 unspecified atom stereocenters. The number of hydrogen-bond acceptors (Lipinski definition) is 2. The van der Waals surface area contributed by atoms with Gasteiger partial charge in [0.1, 0.15) is 6.04 Å². The number of carbonyl (C=O) groups excluding carboxylic acids is 2. The lowest BCUT2D eigenvalue weighted by Gasteiger charge is -2.32. The maximum atomic E-state index is 13.8. The van der Waals surface area contributed by atoms with E-state index in [4.69, 9.17) is 23.2 Å². The first kappa shape index (κ1) is 25.8. The van der Waals surface area contributed by atoms with E-state index in [1.807, 2.05) is 75.4 Å². The molecule has 0 saturated heterocycles. The third kappa shape index (κ3) is 6.85. The van der Waals surface area contributed by atoms with Crippen LogP contribution in [0.15, 0.2) is 72.8 Å². The van der Waals surface area contributed by atoms with E-state index in [0.29, 0.717) is 28.6 Å². The van der Waals surface area contributed by atoms with E-state index in [9.17, 15) is 9.59 Å². The zero-order valence-electron chi connectivity index (χ0n) is 19.7. The molecular weight excluding hydrogens is 467 g/mol. The third-order valence-corrected chi connectivity index (χ3v) is 6.40. The second kappa shape index (κ2) is 12.0. The molecule has 0 aromatic heterocycles. The summed E-state index contributed by atoms with van der Waals surface area (Å²) in [5.41, 5.74) is 3.58. The molecule has 0 heterocycles. The summed E-state index contributed by atoms with van der Waals surface area (Å²) in [6, 6.07) is 22.1. The van der Waals surface area contributed by atoms with E-state index in [1.54, 1.807) is 23.1 Å². The van der Waals surface area contributed by atoms with E-state index in [2.05, 4.69) is 5.32 Å². The van der Waals surface area contributed by atoms with Gasteiger partial charge in [-0.3, -0.25) is 9.59 Å². The summed E-state index contributed by atoms with van der Waals surface area (Å²) in [7, 11) is 0. The van der Waals surface area contributed by atoms with Crippen molar-refractivity contribution in [1.29, 1.82) is 0 Å². The first-order chi connectivity index (χ1) is 16.3. The minimum absolute atomic E-state index is 0.00460. The van der Waals surface area contributed by atoms with Gasteiger partial charge in [0.05, 0.1) is 6.42 Å². The van der Waals surface area contributed by atoms with Crippen molar-refractivity contribution in [3.63, 3.8) is 0 Å². The predicted molar refractivity (Wildman–Crippen MR) is 139 cm³/mol. The average molecular weight is 497 g/mol. The van der Waals surface area contributed by atoms with E-state index in [0.717, 1.165) is 16.7 Å². The molecule has 34 heavy (non-hydrogen) atoms. The van der Waals surface area contributed by atoms with Crippen molar-refractivity contribution < 1.29 is 9.59 Å². The molecule has 1 atom stereocenters. The Hall–Kier alpha value is -2.82. The largest absolute Gasteiger partial charge is 0.352 e. The second-order valence-corrected chi connectivity index (χ2v) is 9.51. The molecular formula is C28H30Cl2N2O2. The Morgan fingerprint density at radius 3 is 2.12 bits per heavy atom. The predicted octanol–water partition coefficient (Wildman–Crippen LogP) is 6.01. The number of nitrogens with one attached hydrogen (secondary N) is 1. The van der Waals surface area contributed by atoms with E-state index in [-0.39, 0.29) is 24.3 Å². The lowest BCUT2D eigenvalue weighted by Crippen LogP contribution is -2.52. The summed E-state index contributed by atoms with van der Waals surface area (Å²) < 4.78 is 0. The molecule has 1 N–H and O–H groups in total. The average Bonchev–Trinajstić information content (AvgIpc) is 2.80. The first-order valence-corrected chi connectivity index (χ1v) is 12.1. The van der Waals surface area contributed by atoms with Gasteiger partial charge in [-0.05, 0) is 55.2 Å². The van der Waals surface area contributed by atoms with Crippen molar-refractivity contribution in [2.75, 3.05) is 0 Å². The number of hydrogen-bond donors (Lipinski definition) is 1. The normalized spacial score (nSPS) is 11.8. The molecule has 3 rings (SSSR count). The summed E-state index contributed by atoms with van der Waals surface area (Å²) in [4.78, 5) is 28.9. The highest BCUT2D eigenvalue weighted by atomic mass is 35.5. The molecule has 6 heteroatoms. The molecule has 3 aromatic carbocycles. The fourth-order valence-electron chi connectivity index (χ4n) is 3.86.